The van der Waals surface area contributed by atoms with Crippen LogP contribution >= 0.6 is 0 Å². The van der Waals surface area contributed by atoms with Gasteiger partial charge in [-0.15, -0.1) is 0 Å². The standard InChI is InChI=1S/C30H27FN6O3/c31-24-14-18(21-12-13-36(19-4-2-1-3-5-19)30(40)26(21)29(33)39)8-11-22(24)23-15-25(17-6-9-20(38)10-7-17)37-27(23)28(32)34-16-35-37/h1-5,8,11-17,20,38H,6-7,9-10H2,(H2,33,39)(H2,32,34,35)/t17-,20+. The van der Waals surface area contributed by atoms with Gasteiger partial charge in [-0.3, -0.25) is 14.2 Å². The van der Waals surface area contributed by atoms with Crippen molar-refractivity contribution in [1.29, 1.82) is 0 Å². The molecule has 1 aliphatic rings. The number of pyridine rings is 1. The highest BCUT2D eigenvalue weighted by atomic mass is 19.1. The van der Waals surface area contributed by atoms with Crippen molar-refractivity contribution >= 4 is 17.2 Å². The Hall–Kier alpha value is -4.83. The van der Waals surface area contributed by atoms with Gasteiger partial charge < -0.3 is 16.6 Å². The normalized spacial score (nSPS) is 17.2. The summed E-state index contributed by atoms with van der Waals surface area (Å²) in [5.41, 5.74) is 14.4. The molecule has 9 nitrogen and oxygen atoms in total. The van der Waals surface area contributed by atoms with Crippen LogP contribution < -0.4 is 17.0 Å². The van der Waals surface area contributed by atoms with Crippen LogP contribution in [0.4, 0.5) is 10.2 Å². The van der Waals surface area contributed by atoms with Crippen molar-refractivity contribution in [3.63, 3.8) is 0 Å². The summed E-state index contributed by atoms with van der Waals surface area (Å²) in [5.74, 6) is -1.12. The number of hydrogen-bond acceptors (Lipinski definition) is 6. The Kier molecular flexibility index (Phi) is 6.39. The van der Waals surface area contributed by atoms with Gasteiger partial charge in [-0.2, -0.15) is 5.10 Å². The highest BCUT2D eigenvalue weighted by molar-refractivity contribution is 6.00. The lowest BCUT2D eigenvalue weighted by Crippen LogP contribution is -2.29. The number of rotatable bonds is 5. The average molecular weight is 539 g/mol. The van der Waals surface area contributed by atoms with Gasteiger partial charge in [0.15, 0.2) is 5.82 Å². The zero-order chi connectivity index (χ0) is 28.0. The van der Waals surface area contributed by atoms with Gasteiger partial charge in [-0.05, 0) is 61.6 Å². The molecule has 1 amide bonds. The Morgan fingerprint density at radius 3 is 2.42 bits per heavy atom. The van der Waals surface area contributed by atoms with Crippen LogP contribution in [-0.2, 0) is 0 Å². The van der Waals surface area contributed by atoms with E-state index in [1.807, 2.05) is 12.1 Å². The average Bonchev–Trinajstić information content (AvgIpc) is 3.34. The number of halogens is 1. The van der Waals surface area contributed by atoms with E-state index in [0.29, 0.717) is 35.2 Å². The summed E-state index contributed by atoms with van der Waals surface area (Å²) in [6.07, 6.45) is 5.52. The smallest absolute Gasteiger partial charge is 0.268 e. The van der Waals surface area contributed by atoms with E-state index in [2.05, 4.69) is 10.1 Å². The molecule has 40 heavy (non-hydrogen) atoms. The number of carbonyl (C=O) groups excluding carboxylic acids is 1. The number of fused-ring (bicyclic) bond motifs is 1. The molecule has 0 bridgehead atoms. The highest BCUT2D eigenvalue weighted by Crippen LogP contribution is 2.40. The van der Waals surface area contributed by atoms with Crippen LogP contribution in [0, 0.1) is 5.82 Å². The molecule has 0 aliphatic heterocycles. The number of benzene rings is 2. The second-order valence-corrected chi connectivity index (χ2v) is 10.1. The third-order valence-corrected chi connectivity index (χ3v) is 7.67. The second kappa shape index (κ2) is 10.0. The maximum absolute atomic E-state index is 15.8. The first-order valence-electron chi connectivity index (χ1n) is 13.0. The third-order valence-electron chi connectivity index (χ3n) is 7.67. The van der Waals surface area contributed by atoms with Crippen LogP contribution in [0.2, 0.25) is 0 Å². The van der Waals surface area contributed by atoms with Crippen LogP contribution in [0.25, 0.3) is 33.5 Å². The Morgan fingerprint density at radius 1 is 0.975 bits per heavy atom. The van der Waals surface area contributed by atoms with Gasteiger partial charge in [-0.25, -0.2) is 13.9 Å². The number of aliphatic hydroxyl groups excluding tert-OH is 1. The van der Waals surface area contributed by atoms with Gasteiger partial charge in [-0.1, -0.05) is 30.3 Å². The van der Waals surface area contributed by atoms with Crippen molar-refractivity contribution < 1.29 is 14.3 Å². The molecule has 0 radical (unpaired) electrons. The van der Waals surface area contributed by atoms with Crippen molar-refractivity contribution in [1.82, 2.24) is 19.2 Å². The number of nitrogens with zero attached hydrogens (tertiary/aromatic N) is 4. The van der Waals surface area contributed by atoms with Crippen LogP contribution in [0.15, 0.2) is 78.0 Å². The van der Waals surface area contributed by atoms with E-state index >= 15 is 4.39 Å². The van der Waals surface area contributed by atoms with E-state index in [1.54, 1.807) is 47.0 Å². The lowest BCUT2D eigenvalue weighted by Gasteiger charge is -2.24. The summed E-state index contributed by atoms with van der Waals surface area (Å²) in [5, 5.41) is 14.4. The van der Waals surface area contributed by atoms with Crippen LogP contribution in [-0.4, -0.2) is 36.3 Å². The Labute approximate surface area is 228 Å². The number of amides is 1. The number of hydrogen-bond donors (Lipinski definition) is 3. The van der Waals surface area contributed by atoms with E-state index in [4.69, 9.17) is 11.5 Å². The van der Waals surface area contributed by atoms with Crippen molar-refractivity contribution in [3.05, 3.63) is 101 Å². The molecule has 1 fully saturated rings. The Morgan fingerprint density at radius 2 is 1.73 bits per heavy atom. The molecule has 0 spiro atoms. The highest BCUT2D eigenvalue weighted by Gasteiger charge is 2.27. The molecule has 1 saturated carbocycles. The number of aromatic nitrogens is 4. The molecule has 0 atom stereocenters. The quantitative estimate of drug-likeness (QED) is 0.308. The SMILES string of the molecule is NC(=O)c1c(-c2ccc(-c3cc([C@H]4CC[C@@H](O)CC4)n4ncnc(N)c34)c(F)c2)ccn(-c2ccccc2)c1=O. The van der Waals surface area contributed by atoms with Gasteiger partial charge in [0, 0.05) is 40.2 Å². The van der Waals surface area contributed by atoms with Crippen molar-refractivity contribution in [2.24, 2.45) is 5.73 Å². The molecule has 202 valence electrons. The number of nitrogens with two attached hydrogens (primary N) is 2. The molecule has 3 heterocycles. The fraction of sp³-hybridized carbons (Fsp3) is 0.200. The van der Waals surface area contributed by atoms with Gasteiger partial charge in [0.2, 0.25) is 0 Å². The lowest BCUT2D eigenvalue weighted by atomic mass is 9.85. The van der Waals surface area contributed by atoms with Crippen LogP contribution in [0.5, 0.6) is 0 Å². The first kappa shape index (κ1) is 25.4. The van der Waals surface area contributed by atoms with Crippen LogP contribution in [0.3, 0.4) is 0 Å². The Bertz CT molecular complexity index is 1810. The maximum atomic E-state index is 15.8. The second-order valence-electron chi connectivity index (χ2n) is 10.1. The minimum absolute atomic E-state index is 0.135. The van der Waals surface area contributed by atoms with E-state index in [-0.39, 0.29) is 34.5 Å². The summed E-state index contributed by atoms with van der Waals surface area (Å²) in [7, 11) is 0. The summed E-state index contributed by atoms with van der Waals surface area (Å²) in [6.45, 7) is 0. The first-order valence-corrected chi connectivity index (χ1v) is 13.0. The summed E-state index contributed by atoms with van der Waals surface area (Å²) in [6, 6.07) is 16.8. The molecular weight excluding hydrogens is 511 g/mol. The number of carbonyl (C=O) groups is 1. The number of para-hydroxylation sites is 1. The summed E-state index contributed by atoms with van der Waals surface area (Å²) >= 11 is 0. The minimum atomic E-state index is -0.902. The zero-order valence-electron chi connectivity index (χ0n) is 21.5. The van der Waals surface area contributed by atoms with Gasteiger partial charge in [0.25, 0.3) is 11.5 Å². The molecule has 0 saturated heterocycles. The molecule has 6 rings (SSSR count). The molecule has 1 aliphatic carbocycles. The summed E-state index contributed by atoms with van der Waals surface area (Å²) in [4.78, 5) is 29.8. The lowest BCUT2D eigenvalue weighted by molar-refractivity contribution is 0.0999. The molecule has 3 aromatic heterocycles. The van der Waals surface area contributed by atoms with Crippen molar-refractivity contribution in [2.45, 2.75) is 37.7 Å². The largest absolute Gasteiger partial charge is 0.393 e. The first-order chi connectivity index (χ1) is 19.3. The third kappa shape index (κ3) is 4.32. The number of primary amides is 1. The fourth-order valence-corrected chi connectivity index (χ4v) is 5.67. The zero-order valence-corrected chi connectivity index (χ0v) is 21.5. The monoisotopic (exact) mass is 538 g/mol. The van der Waals surface area contributed by atoms with Gasteiger partial charge in [0.1, 0.15) is 23.2 Å². The predicted molar refractivity (Wildman–Crippen MR) is 150 cm³/mol. The van der Waals surface area contributed by atoms with Crippen LogP contribution in [0.1, 0.15) is 47.7 Å². The number of anilines is 1. The molecule has 10 heteroatoms. The van der Waals surface area contributed by atoms with E-state index in [0.717, 1.165) is 18.5 Å². The molecule has 5 N–H and O–H groups in total. The topological polar surface area (TPSA) is 142 Å². The minimum Gasteiger partial charge on any atom is -0.393 e. The summed E-state index contributed by atoms with van der Waals surface area (Å²) < 4.78 is 18.9. The predicted octanol–water partition coefficient (Wildman–Crippen LogP) is 4.05. The Balaban J connectivity index is 1.45. The van der Waals surface area contributed by atoms with Crippen molar-refractivity contribution in [2.75, 3.05) is 5.73 Å². The maximum Gasteiger partial charge on any atom is 0.268 e. The van der Waals surface area contributed by atoms with Gasteiger partial charge >= 0.3 is 0 Å². The van der Waals surface area contributed by atoms with E-state index in [9.17, 15) is 14.7 Å². The van der Waals surface area contributed by atoms with E-state index in [1.165, 1.54) is 23.2 Å². The molecule has 2 aromatic carbocycles. The molecule has 5 aromatic rings. The number of nitrogen functional groups attached to an aromatic ring is 1. The fourth-order valence-electron chi connectivity index (χ4n) is 5.67. The number of aliphatic hydroxyl groups is 1. The molecular formula is C30H27FN6O3. The van der Waals surface area contributed by atoms with Gasteiger partial charge in [0.05, 0.1) is 6.10 Å². The molecule has 0 unspecified atom stereocenters. The van der Waals surface area contributed by atoms with E-state index < -0.39 is 17.3 Å². The van der Waals surface area contributed by atoms with Crippen molar-refractivity contribution in [3.8, 4) is 27.9 Å².